The van der Waals surface area contributed by atoms with Gasteiger partial charge in [0.15, 0.2) is 0 Å². The van der Waals surface area contributed by atoms with Crippen LogP contribution in [0.3, 0.4) is 0 Å². The van der Waals surface area contributed by atoms with Gasteiger partial charge in [-0.15, -0.1) is 0 Å². The molecule has 3 fully saturated rings. The zero-order chi connectivity index (χ0) is 14.8. The number of carbonyl (C=O) groups is 1. The van der Waals surface area contributed by atoms with Crippen LogP contribution in [0.2, 0.25) is 0 Å². The molecule has 1 saturated carbocycles. The number of allylic oxidation sites excluding steroid dienone is 3. The highest BCUT2D eigenvalue weighted by Crippen LogP contribution is 2.61. The molecule has 5 rings (SSSR count). The van der Waals surface area contributed by atoms with Gasteiger partial charge in [0, 0.05) is 18.8 Å². The molecule has 2 amide bonds. The maximum atomic E-state index is 11.7. The molecule has 2 spiro atoms. The van der Waals surface area contributed by atoms with Crippen LogP contribution in [0, 0.1) is 5.41 Å². The summed E-state index contributed by atoms with van der Waals surface area (Å²) < 4.78 is 6.48. The molecule has 4 aliphatic heterocycles. The van der Waals surface area contributed by atoms with E-state index in [4.69, 9.17) is 4.74 Å². The summed E-state index contributed by atoms with van der Waals surface area (Å²) in [6, 6.07) is -0.109. The van der Waals surface area contributed by atoms with Gasteiger partial charge >= 0.3 is 6.03 Å². The Balaban J connectivity index is 1.65. The van der Waals surface area contributed by atoms with E-state index in [0.29, 0.717) is 6.54 Å². The van der Waals surface area contributed by atoms with E-state index in [1.807, 2.05) is 0 Å². The number of ether oxygens (including phenoxy) is 1. The van der Waals surface area contributed by atoms with Gasteiger partial charge in [-0.1, -0.05) is 12.5 Å². The van der Waals surface area contributed by atoms with Gasteiger partial charge in [-0.25, -0.2) is 4.79 Å². The first-order valence-corrected chi connectivity index (χ1v) is 8.36. The Labute approximate surface area is 130 Å². The fourth-order valence-electron chi connectivity index (χ4n) is 4.86. The maximum Gasteiger partial charge on any atom is 0.318 e. The Kier molecular flexibility index (Phi) is 2.34. The van der Waals surface area contributed by atoms with Gasteiger partial charge in [-0.2, -0.15) is 0 Å². The van der Waals surface area contributed by atoms with Crippen molar-refractivity contribution in [2.24, 2.45) is 5.41 Å². The summed E-state index contributed by atoms with van der Waals surface area (Å²) >= 11 is 0. The third-order valence-electron chi connectivity index (χ3n) is 5.79. The van der Waals surface area contributed by atoms with Crippen LogP contribution in [0.4, 0.5) is 4.79 Å². The van der Waals surface area contributed by atoms with Gasteiger partial charge in [0.05, 0.1) is 17.7 Å². The molecule has 5 aliphatic rings. The summed E-state index contributed by atoms with van der Waals surface area (Å²) in [5.41, 5.74) is 2.26. The molecular formula is C17H21N3O2. The third-order valence-corrected chi connectivity index (χ3v) is 5.79. The Hall–Kier alpha value is -1.91. The Morgan fingerprint density at radius 3 is 3.09 bits per heavy atom. The lowest BCUT2D eigenvalue weighted by atomic mass is 9.65. The first-order valence-electron chi connectivity index (χ1n) is 8.36. The van der Waals surface area contributed by atoms with E-state index in [2.05, 4.69) is 34.0 Å². The van der Waals surface area contributed by atoms with Crippen molar-refractivity contribution in [1.82, 2.24) is 15.5 Å². The van der Waals surface area contributed by atoms with Crippen LogP contribution >= 0.6 is 0 Å². The lowest BCUT2D eigenvalue weighted by molar-refractivity contribution is 0.0371. The van der Waals surface area contributed by atoms with Gasteiger partial charge in [0.25, 0.3) is 0 Å². The van der Waals surface area contributed by atoms with E-state index in [1.165, 1.54) is 24.1 Å². The Bertz CT molecular complexity index is 650. The van der Waals surface area contributed by atoms with E-state index in [9.17, 15) is 4.79 Å². The molecule has 5 heteroatoms. The van der Waals surface area contributed by atoms with Crippen LogP contribution in [0.15, 0.2) is 35.5 Å². The number of nitrogens with zero attached hydrogens (tertiary/aromatic N) is 1. The molecule has 2 atom stereocenters. The van der Waals surface area contributed by atoms with Crippen LogP contribution in [0.25, 0.3) is 0 Å². The SMILES string of the molecule is O=C1NCC2(CC34CCCCC3=CN3C=CCCC3=C4O2)N1. The van der Waals surface area contributed by atoms with Crippen molar-refractivity contribution in [1.29, 1.82) is 0 Å². The number of hydrogen-bond donors (Lipinski definition) is 2. The third kappa shape index (κ3) is 1.51. The second kappa shape index (κ2) is 4.09. The average molecular weight is 299 g/mol. The summed E-state index contributed by atoms with van der Waals surface area (Å²) in [6.45, 7) is 0.563. The lowest BCUT2D eigenvalue weighted by Crippen LogP contribution is -2.43. The second-order valence-corrected chi connectivity index (χ2v) is 7.13. The molecule has 0 aromatic carbocycles. The predicted molar refractivity (Wildman–Crippen MR) is 81.2 cm³/mol. The zero-order valence-electron chi connectivity index (χ0n) is 12.7. The number of rotatable bonds is 0. The van der Waals surface area contributed by atoms with Gasteiger partial charge in [-0.3, -0.25) is 5.32 Å². The Morgan fingerprint density at radius 1 is 1.27 bits per heavy atom. The van der Waals surface area contributed by atoms with Crippen molar-refractivity contribution >= 4 is 6.03 Å². The van der Waals surface area contributed by atoms with Crippen molar-refractivity contribution < 1.29 is 9.53 Å². The second-order valence-electron chi connectivity index (χ2n) is 7.13. The molecule has 116 valence electrons. The maximum absolute atomic E-state index is 11.7. The van der Waals surface area contributed by atoms with E-state index in [0.717, 1.165) is 37.9 Å². The quantitative estimate of drug-likeness (QED) is 0.723. The van der Waals surface area contributed by atoms with Crippen molar-refractivity contribution in [2.45, 2.75) is 50.7 Å². The molecule has 1 aliphatic carbocycles. The highest BCUT2D eigenvalue weighted by Gasteiger charge is 2.60. The molecule has 2 saturated heterocycles. The molecule has 5 nitrogen and oxygen atoms in total. The summed E-state index contributed by atoms with van der Waals surface area (Å²) in [4.78, 5) is 13.9. The van der Waals surface area contributed by atoms with Gasteiger partial charge < -0.3 is 15.0 Å². The fraction of sp³-hybridized carbons (Fsp3) is 0.588. The minimum absolute atomic E-state index is 0.0224. The zero-order valence-corrected chi connectivity index (χ0v) is 12.7. The highest BCUT2D eigenvalue weighted by atomic mass is 16.5. The fourth-order valence-corrected chi connectivity index (χ4v) is 4.86. The predicted octanol–water partition coefficient (Wildman–Crippen LogP) is 2.69. The van der Waals surface area contributed by atoms with Gasteiger partial charge in [-0.05, 0) is 37.7 Å². The Morgan fingerprint density at radius 2 is 2.23 bits per heavy atom. The van der Waals surface area contributed by atoms with Crippen molar-refractivity contribution in [2.75, 3.05) is 6.54 Å². The van der Waals surface area contributed by atoms with E-state index < -0.39 is 5.72 Å². The van der Waals surface area contributed by atoms with Crippen LogP contribution in [-0.4, -0.2) is 23.2 Å². The van der Waals surface area contributed by atoms with Gasteiger partial charge in [0.1, 0.15) is 5.76 Å². The van der Waals surface area contributed by atoms with Crippen LogP contribution in [-0.2, 0) is 4.74 Å². The number of carbonyl (C=O) groups excluding carboxylic acids is 1. The van der Waals surface area contributed by atoms with Crippen LogP contribution in [0.5, 0.6) is 0 Å². The molecule has 0 aromatic heterocycles. The van der Waals surface area contributed by atoms with Crippen LogP contribution < -0.4 is 10.6 Å². The largest absolute Gasteiger partial charge is 0.468 e. The van der Waals surface area contributed by atoms with Crippen molar-refractivity contribution in [3.8, 4) is 0 Å². The number of fused-ring (bicyclic) bond motifs is 1. The number of amides is 2. The molecule has 4 heterocycles. The summed E-state index contributed by atoms with van der Waals surface area (Å²) in [5, 5.41) is 5.92. The number of hydrogen-bond acceptors (Lipinski definition) is 3. The smallest absolute Gasteiger partial charge is 0.318 e. The first kappa shape index (κ1) is 12.6. The topological polar surface area (TPSA) is 53.6 Å². The van der Waals surface area contributed by atoms with E-state index in [-0.39, 0.29) is 11.4 Å². The molecule has 2 N–H and O–H groups in total. The normalized spacial score (nSPS) is 38.8. The minimum Gasteiger partial charge on any atom is -0.468 e. The van der Waals surface area contributed by atoms with Crippen molar-refractivity contribution in [3.63, 3.8) is 0 Å². The van der Waals surface area contributed by atoms with Gasteiger partial charge in [0.2, 0.25) is 5.72 Å². The summed E-state index contributed by atoms with van der Waals surface area (Å²) in [7, 11) is 0. The monoisotopic (exact) mass is 299 g/mol. The average Bonchev–Trinajstić information content (AvgIpc) is 3.04. The number of nitrogens with one attached hydrogen (secondary N) is 2. The molecule has 2 unspecified atom stereocenters. The first-order chi connectivity index (χ1) is 10.7. The molecule has 22 heavy (non-hydrogen) atoms. The summed E-state index contributed by atoms with van der Waals surface area (Å²) in [6.07, 6.45) is 14.5. The van der Waals surface area contributed by atoms with E-state index >= 15 is 0 Å². The molecule has 0 bridgehead atoms. The minimum atomic E-state index is -0.549. The standard InChI is InChI=1S/C17H21N3O2/c21-15-18-11-17(19-15)10-16-7-3-1-5-12(16)9-20-8-4-2-6-13(20)14(16)22-17/h4,8-9H,1-3,5-7,10-11H2,(H2,18,19,21). The molecular weight excluding hydrogens is 278 g/mol. The highest BCUT2D eigenvalue weighted by molar-refractivity contribution is 5.77. The van der Waals surface area contributed by atoms with Crippen molar-refractivity contribution in [3.05, 3.63) is 35.5 Å². The van der Waals surface area contributed by atoms with E-state index in [1.54, 1.807) is 0 Å². The van der Waals surface area contributed by atoms with Crippen LogP contribution in [0.1, 0.15) is 44.9 Å². The summed E-state index contributed by atoms with van der Waals surface area (Å²) in [5.74, 6) is 1.14. The molecule has 0 aromatic rings. The molecule has 0 radical (unpaired) electrons. The number of urea groups is 1. The lowest BCUT2D eigenvalue weighted by Gasteiger charge is -2.42.